The van der Waals surface area contributed by atoms with Crippen molar-refractivity contribution >= 4 is 16.9 Å². The zero-order valence-corrected chi connectivity index (χ0v) is 11.4. The molecule has 0 aromatic heterocycles. The van der Waals surface area contributed by atoms with Gasteiger partial charge in [-0.05, 0) is 46.7 Å². The second kappa shape index (κ2) is 4.96. The molecule has 0 aromatic rings. The van der Waals surface area contributed by atoms with Gasteiger partial charge >= 0.3 is 0 Å². The van der Waals surface area contributed by atoms with Crippen LogP contribution in [-0.4, -0.2) is 47.0 Å². The molecular weight excluding hydrogens is 218 g/mol. The highest BCUT2D eigenvalue weighted by Crippen LogP contribution is 2.22. The lowest BCUT2D eigenvalue weighted by molar-refractivity contribution is 0.265. The van der Waals surface area contributed by atoms with Gasteiger partial charge in [0.15, 0.2) is 5.17 Å². The van der Waals surface area contributed by atoms with Gasteiger partial charge in [0.05, 0.1) is 6.54 Å². The topological polar surface area (TPSA) is 27.6 Å². The third kappa shape index (κ3) is 3.14. The maximum absolute atomic E-state index is 4.69. The van der Waals surface area contributed by atoms with Crippen LogP contribution in [0.5, 0.6) is 0 Å². The average molecular weight is 241 g/mol. The van der Waals surface area contributed by atoms with Gasteiger partial charge in [0.25, 0.3) is 0 Å². The molecule has 0 bridgehead atoms. The van der Waals surface area contributed by atoms with E-state index in [1.165, 1.54) is 25.9 Å². The van der Waals surface area contributed by atoms with E-state index in [9.17, 15) is 0 Å². The van der Waals surface area contributed by atoms with E-state index in [0.29, 0.717) is 6.04 Å². The summed E-state index contributed by atoms with van der Waals surface area (Å²) in [6, 6.07) is 0.598. The van der Waals surface area contributed by atoms with Gasteiger partial charge in [-0.3, -0.25) is 9.89 Å². The van der Waals surface area contributed by atoms with Crippen LogP contribution in [0, 0.1) is 0 Å². The van der Waals surface area contributed by atoms with Crippen LogP contribution in [0.3, 0.4) is 0 Å². The number of amidine groups is 1. The summed E-state index contributed by atoms with van der Waals surface area (Å²) in [6.45, 7) is 10.2. The Morgan fingerprint density at radius 1 is 1.44 bits per heavy atom. The molecule has 1 N–H and O–H groups in total. The van der Waals surface area contributed by atoms with Crippen molar-refractivity contribution in [3.05, 3.63) is 0 Å². The van der Waals surface area contributed by atoms with Crippen molar-refractivity contribution in [2.45, 2.75) is 45.2 Å². The molecule has 0 aliphatic carbocycles. The van der Waals surface area contributed by atoms with E-state index in [0.717, 1.165) is 17.5 Å². The molecule has 3 nitrogen and oxygen atoms in total. The van der Waals surface area contributed by atoms with Crippen LogP contribution >= 0.6 is 11.8 Å². The molecule has 4 heteroatoms. The highest BCUT2D eigenvalue weighted by molar-refractivity contribution is 8.14. The summed E-state index contributed by atoms with van der Waals surface area (Å²) in [7, 11) is 0. The van der Waals surface area contributed by atoms with Crippen molar-refractivity contribution in [2.24, 2.45) is 4.99 Å². The van der Waals surface area contributed by atoms with E-state index >= 15 is 0 Å². The van der Waals surface area contributed by atoms with Crippen molar-refractivity contribution in [3.63, 3.8) is 0 Å². The van der Waals surface area contributed by atoms with Crippen molar-refractivity contribution < 1.29 is 0 Å². The van der Waals surface area contributed by atoms with Gasteiger partial charge in [-0.25, -0.2) is 0 Å². The predicted molar refractivity (Wildman–Crippen MR) is 72.2 cm³/mol. The lowest BCUT2D eigenvalue weighted by atomic mass is 10.1. The second-order valence-corrected chi connectivity index (χ2v) is 6.50. The molecule has 2 aliphatic heterocycles. The minimum Gasteiger partial charge on any atom is -0.359 e. The maximum Gasteiger partial charge on any atom is 0.157 e. The molecule has 0 amide bonds. The zero-order chi connectivity index (χ0) is 11.6. The van der Waals surface area contributed by atoms with Gasteiger partial charge < -0.3 is 5.32 Å². The number of nitrogens with zero attached hydrogens (tertiary/aromatic N) is 2. The molecule has 0 aromatic carbocycles. The quantitative estimate of drug-likeness (QED) is 0.818. The largest absolute Gasteiger partial charge is 0.359 e. The minimum absolute atomic E-state index is 0.223. The molecule has 16 heavy (non-hydrogen) atoms. The molecule has 2 heterocycles. The number of thioether (sulfide) groups is 1. The number of likely N-dealkylation sites (tertiary alicyclic amines) is 1. The highest BCUT2D eigenvalue weighted by atomic mass is 32.2. The molecule has 0 saturated carbocycles. The Bertz CT molecular complexity index is 269. The third-order valence-electron chi connectivity index (χ3n) is 3.28. The van der Waals surface area contributed by atoms with Gasteiger partial charge in [-0.1, -0.05) is 11.8 Å². The van der Waals surface area contributed by atoms with Gasteiger partial charge in [-0.15, -0.1) is 0 Å². The summed E-state index contributed by atoms with van der Waals surface area (Å²) >= 11 is 1.85. The Kier molecular flexibility index (Phi) is 3.80. The zero-order valence-electron chi connectivity index (χ0n) is 10.6. The summed E-state index contributed by atoms with van der Waals surface area (Å²) in [6.07, 6.45) is 2.72. The molecular formula is C12H23N3S. The number of aliphatic imine (C=N–C) groups is 1. The summed E-state index contributed by atoms with van der Waals surface area (Å²) in [5.74, 6) is 1.13. The van der Waals surface area contributed by atoms with Crippen molar-refractivity contribution in [2.75, 3.05) is 25.4 Å². The van der Waals surface area contributed by atoms with Crippen LogP contribution in [0.4, 0.5) is 0 Å². The normalized spacial score (nSPS) is 29.6. The van der Waals surface area contributed by atoms with Gasteiger partial charge in [-0.2, -0.15) is 0 Å². The lowest BCUT2D eigenvalue weighted by Crippen LogP contribution is -2.37. The molecule has 0 spiro atoms. The molecule has 1 unspecified atom stereocenters. The van der Waals surface area contributed by atoms with Crippen LogP contribution in [-0.2, 0) is 0 Å². The first-order valence-corrected chi connectivity index (χ1v) is 7.25. The first-order valence-electron chi connectivity index (χ1n) is 6.26. The summed E-state index contributed by atoms with van der Waals surface area (Å²) in [5, 5.41) is 4.61. The third-order valence-corrected chi connectivity index (χ3v) is 4.65. The Balaban J connectivity index is 1.80. The van der Waals surface area contributed by atoms with E-state index in [1.807, 2.05) is 11.8 Å². The number of rotatable bonds is 3. The summed E-state index contributed by atoms with van der Waals surface area (Å²) in [5.41, 5.74) is 0.223. The Morgan fingerprint density at radius 2 is 2.12 bits per heavy atom. The summed E-state index contributed by atoms with van der Waals surface area (Å²) in [4.78, 5) is 7.24. The predicted octanol–water partition coefficient (Wildman–Crippen LogP) is 1.94. The monoisotopic (exact) mass is 241 g/mol. The van der Waals surface area contributed by atoms with Gasteiger partial charge in [0.1, 0.15) is 0 Å². The first kappa shape index (κ1) is 12.2. The summed E-state index contributed by atoms with van der Waals surface area (Å²) < 4.78 is 0. The van der Waals surface area contributed by atoms with Gasteiger partial charge in [0.2, 0.25) is 0 Å². The highest BCUT2D eigenvalue weighted by Gasteiger charge is 2.27. The number of hydrogen-bond donors (Lipinski definition) is 1. The van der Waals surface area contributed by atoms with Crippen LogP contribution in [0.1, 0.15) is 33.6 Å². The molecule has 1 atom stereocenters. The Hall–Kier alpha value is -0.220. The number of nitrogens with one attached hydrogen (secondary N) is 1. The van der Waals surface area contributed by atoms with Crippen LogP contribution in [0.25, 0.3) is 0 Å². The van der Waals surface area contributed by atoms with Crippen LogP contribution in [0.2, 0.25) is 0 Å². The van der Waals surface area contributed by atoms with E-state index in [1.54, 1.807) is 0 Å². The van der Waals surface area contributed by atoms with E-state index in [2.05, 4.69) is 31.0 Å². The molecule has 92 valence electrons. The van der Waals surface area contributed by atoms with Crippen molar-refractivity contribution in [1.82, 2.24) is 10.2 Å². The Labute approximate surface area is 103 Å². The average Bonchev–Trinajstić information content (AvgIpc) is 2.83. The number of hydrogen-bond acceptors (Lipinski definition) is 3. The Morgan fingerprint density at radius 3 is 2.69 bits per heavy atom. The minimum atomic E-state index is 0.223. The smallest absolute Gasteiger partial charge is 0.157 e. The van der Waals surface area contributed by atoms with E-state index in [-0.39, 0.29) is 5.54 Å². The molecule has 2 aliphatic rings. The van der Waals surface area contributed by atoms with Crippen LogP contribution < -0.4 is 5.32 Å². The van der Waals surface area contributed by atoms with E-state index < -0.39 is 0 Å². The van der Waals surface area contributed by atoms with Crippen molar-refractivity contribution in [3.8, 4) is 0 Å². The van der Waals surface area contributed by atoms with Gasteiger partial charge in [0, 0.05) is 17.3 Å². The molecule has 2 fully saturated rings. The van der Waals surface area contributed by atoms with Crippen molar-refractivity contribution in [1.29, 1.82) is 0 Å². The van der Waals surface area contributed by atoms with E-state index in [4.69, 9.17) is 4.99 Å². The molecule has 2 saturated heterocycles. The fourth-order valence-corrected chi connectivity index (χ4v) is 3.29. The standard InChI is InChI=1S/C12H23N3S/c1-10(15-6-4-5-7-15)8-13-11-14-12(2,3)9-16-11/h10H,4-9H2,1-3H3,(H,13,14). The maximum atomic E-state index is 4.69. The van der Waals surface area contributed by atoms with Crippen LogP contribution in [0.15, 0.2) is 4.99 Å². The second-order valence-electron chi connectivity index (χ2n) is 5.54. The lowest BCUT2D eigenvalue weighted by Gasteiger charge is -2.22. The SMILES string of the molecule is CC(CN=C1NC(C)(C)CS1)N1CCCC1. The first-order chi connectivity index (χ1) is 7.57. The molecule has 0 radical (unpaired) electrons. The molecule has 2 rings (SSSR count). The fourth-order valence-electron chi connectivity index (χ4n) is 2.21. The fraction of sp³-hybridized carbons (Fsp3) is 0.917.